The van der Waals surface area contributed by atoms with E-state index in [1.54, 1.807) is 7.11 Å². The second kappa shape index (κ2) is 11.4. The highest BCUT2D eigenvalue weighted by Crippen LogP contribution is 2.24. The van der Waals surface area contributed by atoms with E-state index in [-0.39, 0.29) is 12.5 Å². The van der Waals surface area contributed by atoms with E-state index in [9.17, 15) is 4.79 Å². The van der Waals surface area contributed by atoms with Crippen molar-refractivity contribution >= 4 is 16.9 Å². The molecule has 0 unspecified atom stereocenters. The number of benzene rings is 2. The summed E-state index contributed by atoms with van der Waals surface area (Å²) in [7, 11) is 1.69. The Kier molecular flexibility index (Phi) is 7.84. The molecule has 2 aromatic carbocycles. The van der Waals surface area contributed by atoms with Crippen LogP contribution >= 0.6 is 0 Å². The maximum atomic E-state index is 13.1. The van der Waals surface area contributed by atoms with Gasteiger partial charge in [0, 0.05) is 45.2 Å². The number of amides is 1. The lowest BCUT2D eigenvalue weighted by molar-refractivity contribution is -0.139. The number of aromatic nitrogens is 2. The molecule has 2 fully saturated rings. The molecule has 8 nitrogen and oxygen atoms in total. The number of imidazole rings is 1. The van der Waals surface area contributed by atoms with Gasteiger partial charge in [-0.2, -0.15) is 0 Å². The molecule has 1 aromatic heterocycles. The van der Waals surface area contributed by atoms with E-state index in [1.165, 1.54) is 5.56 Å². The minimum Gasteiger partial charge on any atom is -0.497 e. The first kappa shape index (κ1) is 24.7. The highest BCUT2D eigenvalue weighted by molar-refractivity contribution is 5.79. The molecule has 192 valence electrons. The number of carbonyl (C=O) groups excluding carboxylic acids is 1. The number of piperidine rings is 1. The summed E-state index contributed by atoms with van der Waals surface area (Å²) in [5, 5.41) is 9.14. The normalized spacial score (nSPS) is 18.1. The summed E-state index contributed by atoms with van der Waals surface area (Å²) in [6.45, 7) is 7.50. The van der Waals surface area contributed by atoms with Crippen LogP contribution in [0.15, 0.2) is 48.5 Å². The van der Waals surface area contributed by atoms with Crippen molar-refractivity contribution < 1.29 is 14.6 Å². The van der Waals surface area contributed by atoms with E-state index in [1.807, 2.05) is 23.1 Å². The molecule has 8 heteroatoms. The zero-order valence-corrected chi connectivity index (χ0v) is 21.2. The second-order valence-corrected chi connectivity index (χ2v) is 9.89. The number of carbonyl (C=O) groups is 1. The van der Waals surface area contributed by atoms with Crippen LogP contribution in [-0.4, -0.2) is 94.8 Å². The monoisotopic (exact) mass is 491 g/mol. The second-order valence-electron chi connectivity index (χ2n) is 9.89. The van der Waals surface area contributed by atoms with Gasteiger partial charge in [-0.25, -0.2) is 4.98 Å². The van der Waals surface area contributed by atoms with Gasteiger partial charge in [0.15, 0.2) is 0 Å². The quantitative estimate of drug-likeness (QED) is 0.522. The number of hydrogen-bond acceptors (Lipinski definition) is 6. The Morgan fingerprint density at radius 1 is 0.944 bits per heavy atom. The Morgan fingerprint density at radius 3 is 2.36 bits per heavy atom. The lowest BCUT2D eigenvalue weighted by atomic mass is 9.95. The van der Waals surface area contributed by atoms with Gasteiger partial charge in [-0.15, -0.1) is 0 Å². The van der Waals surface area contributed by atoms with Crippen LogP contribution in [0, 0.1) is 5.92 Å². The van der Waals surface area contributed by atoms with Gasteiger partial charge in [0.1, 0.15) is 11.6 Å². The zero-order valence-electron chi connectivity index (χ0n) is 21.2. The van der Waals surface area contributed by atoms with Crippen molar-refractivity contribution in [2.75, 3.05) is 59.5 Å². The molecule has 0 spiro atoms. The first-order chi connectivity index (χ1) is 17.6. The number of likely N-dealkylation sites (tertiary alicyclic amines) is 1. The average molecular weight is 492 g/mol. The molecule has 0 aliphatic carbocycles. The van der Waals surface area contributed by atoms with E-state index in [0.717, 1.165) is 87.8 Å². The van der Waals surface area contributed by atoms with Gasteiger partial charge >= 0.3 is 0 Å². The third-order valence-electron chi connectivity index (χ3n) is 7.64. The molecule has 2 saturated heterocycles. The van der Waals surface area contributed by atoms with Crippen LogP contribution in [-0.2, 0) is 17.9 Å². The summed E-state index contributed by atoms with van der Waals surface area (Å²) < 4.78 is 7.63. The molecule has 0 saturated carbocycles. The zero-order chi connectivity index (χ0) is 24.9. The molecule has 0 radical (unpaired) electrons. The fourth-order valence-electron chi connectivity index (χ4n) is 5.47. The molecule has 3 aromatic rings. The molecule has 5 rings (SSSR count). The fourth-order valence-corrected chi connectivity index (χ4v) is 5.47. The predicted octanol–water partition coefficient (Wildman–Crippen LogP) is 2.44. The molecule has 2 aliphatic heterocycles. The van der Waals surface area contributed by atoms with Crippen molar-refractivity contribution in [3.63, 3.8) is 0 Å². The number of nitrogens with zero attached hydrogens (tertiary/aromatic N) is 5. The first-order valence-electron chi connectivity index (χ1n) is 13.1. The van der Waals surface area contributed by atoms with Gasteiger partial charge in [0.05, 0.1) is 31.3 Å². The van der Waals surface area contributed by atoms with Crippen LogP contribution in [0.5, 0.6) is 5.75 Å². The smallest absolute Gasteiger partial charge is 0.225 e. The molecule has 1 amide bonds. The Bertz CT molecular complexity index is 1150. The number of aliphatic hydroxyl groups is 1. The number of methoxy groups -OCH3 is 1. The van der Waals surface area contributed by atoms with Crippen LogP contribution in [0.1, 0.15) is 24.2 Å². The highest BCUT2D eigenvalue weighted by Gasteiger charge is 2.30. The lowest BCUT2D eigenvalue weighted by Crippen LogP contribution is -2.52. The van der Waals surface area contributed by atoms with Crippen molar-refractivity contribution in [3.8, 4) is 5.75 Å². The minimum absolute atomic E-state index is 0.115. The Balaban J connectivity index is 1.21. The topological polar surface area (TPSA) is 74.1 Å². The van der Waals surface area contributed by atoms with E-state index >= 15 is 0 Å². The van der Waals surface area contributed by atoms with Crippen LogP contribution < -0.4 is 4.74 Å². The van der Waals surface area contributed by atoms with Gasteiger partial charge in [-0.3, -0.25) is 14.6 Å². The summed E-state index contributed by atoms with van der Waals surface area (Å²) in [5.74, 6) is 2.35. The molecular formula is C28H37N5O3. The number of β-amino-alcohol motifs (C(OH)–C–C–N with tert-alkyl or cyclic N) is 1. The summed E-state index contributed by atoms with van der Waals surface area (Å²) >= 11 is 0. The summed E-state index contributed by atoms with van der Waals surface area (Å²) in [5.41, 5.74) is 3.38. The number of piperazine rings is 1. The fraction of sp³-hybridized carbons (Fsp3) is 0.500. The largest absolute Gasteiger partial charge is 0.497 e. The number of hydrogen-bond donors (Lipinski definition) is 1. The summed E-state index contributed by atoms with van der Waals surface area (Å²) in [4.78, 5) is 24.8. The standard InChI is InChI=1S/C28H37N5O3/c1-36-24-8-6-22(7-9-24)20-33-26-5-3-2-4-25(26)29-27(33)21-31-12-10-23(11-13-31)28(35)32-16-14-30(15-17-32)18-19-34/h2-9,23,34H,10-21H2,1H3. The third kappa shape index (κ3) is 5.56. The van der Waals surface area contributed by atoms with Crippen LogP contribution in [0.25, 0.3) is 11.0 Å². The summed E-state index contributed by atoms with van der Waals surface area (Å²) in [6, 6.07) is 16.5. The van der Waals surface area contributed by atoms with Gasteiger partial charge in [-0.1, -0.05) is 24.3 Å². The molecule has 3 heterocycles. The number of ether oxygens (including phenoxy) is 1. The van der Waals surface area contributed by atoms with Gasteiger partial charge in [0.25, 0.3) is 0 Å². The van der Waals surface area contributed by atoms with Gasteiger partial charge in [0.2, 0.25) is 5.91 Å². The minimum atomic E-state index is 0.115. The van der Waals surface area contributed by atoms with Crippen LogP contribution in [0.4, 0.5) is 0 Å². The van der Waals surface area contributed by atoms with E-state index in [4.69, 9.17) is 14.8 Å². The molecule has 36 heavy (non-hydrogen) atoms. The van der Waals surface area contributed by atoms with Crippen molar-refractivity contribution in [2.24, 2.45) is 5.92 Å². The van der Waals surface area contributed by atoms with E-state index < -0.39 is 0 Å². The van der Waals surface area contributed by atoms with Crippen LogP contribution in [0.3, 0.4) is 0 Å². The first-order valence-corrected chi connectivity index (χ1v) is 13.1. The molecule has 2 aliphatic rings. The van der Waals surface area contributed by atoms with Gasteiger partial charge in [-0.05, 0) is 55.8 Å². The Morgan fingerprint density at radius 2 is 1.67 bits per heavy atom. The number of fused-ring (bicyclic) bond motifs is 1. The van der Waals surface area contributed by atoms with Crippen LogP contribution in [0.2, 0.25) is 0 Å². The Hall–Kier alpha value is -2.94. The van der Waals surface area contributed by atoms with Crippen molar-refractivity contribution in [1.82, 2.24) is 24.3 Å². The lowest BCUT2D eigenvalue weighted by Gasteiger charge is -2.38. The number of aliphatic hydroxyl groups excluding tert-OH is 1. The molecule has 0 bridgehead atoms. The van der Waals surface area contributed by atoms with Crippen molar-refractivity contribution in [2.45, 2.75) is 25.9 Å². The molecule has 0 atom stereocenters. The maximum Gasteiger partial charge on any atom is 0.225 e. The molecular weight excluding hydrogens is 454 g/mol. The average Bonchev–Trinajstić information content (AvgIpc) is 3.26. The Labute approximate surface area is 213 Å². The SMILES string of the molecule is COc1ccc(Cn2c(CN3CCC(C(=O)N4CCN(CCO)CC4)CC3)nc3ccccc32)cc1. The summed E-state index contributed by atoms with van der Waals surface area (Å²) in [6.07, 6.45) is 1.79. The predicted molar refractivity (Wildman–Crippen MR) is 140 cm³/mol. The van der Waals surface area contributed by atoms with Crippen molar-refractivity contribution in [1.29, 1.82) is 0 Å². The van der Waals surface area contributed by atoms with E-state index in [0.29, 0.717) is 12.5 Å². The van der Waals surface area contributed by atoms with E-state index in [2.05, 4.69) is 44.7 Å². The number of para-hydroxylation sites is 2. The third-order valence-corrected chi connectivity index (χ3v) is 7.64. The maximum absolute atomic E-state index is 13.1. The number of rotatable bonds is 8. The molecule has 1 N–H and O–H groups in total. The van der Waals surface area contributed by atoms with Gasteiger partial charge < -0.3 is 19.3 Å². The van der Waals surface area contributed by atoms with Crippen molar-refractivity contribution in [3.05, 3.63) is 59.9 Å². The highest BCUT2D eigenvalue weighted by atomic mass is 16.5.